The first-order chi connectivity index (χ1) is 11.6. The maximum atomic E-state index is 12.2. The van der Waals surface area contributed by atoms with Crippen LogP contribution in [0.4, 0.5) is 5.95 Å². The second kappa shape index (κ2) is 8.86. The van der Waals surface area contributed by atoms with Gasteiger partial charge in [0.2, 0.25) is 5.95 Å². The normalized spacial score (nSPS) is 11.6. The van der Waals surface area contributed by atoms with Crippen molar-refractivity contribution in [2.75, 3.05) is 19.0 Å². The lowest BCUT2D eigenvalue weighted by atomic mass is 10.1. The van der Waals surface area contributed by atoms with Gasteiger partial charge in [-0.25, -0.2) is 9.97 Å². The predicted molar refractivity (Wildman–Crippen MR) is 94.4 cm³/mol. The number of amides is 1. The van der Waals surface area contributed by atoms with E-state index in [4.69, 9.17) is 4.74 Å². The number of hydrogen-bond acceptors (Lipinski definition) is 5. The van der Waals surface area contributed by atoms with E-state index in [0.717, 1.165) is 17.7 Å². The highest BCUT2D eigenvalue weighted by Gasteiger charge is 2.10. The standard InChI is InChI=1S/C18H24N4O2/c1-4-13(2)21-18-20-12-10-15(22-18)17(23)19-11-9-14-7-5-6-8-16(14)24-3/h5-8,10,12-13H,4,9,11H2,1-3H3,(H,19,23)(H,20,21,22). The third-order valence-corrected chi connectivity index (χ3v) is 3.75. The first kappa shape index (κ1) is 17.7. The van der Waals surface area contributed by atoms with Crippen LogP contribution < -0.4 is 15.4 Å². The molecular weight excluding hydrogens is 304 g/mol. The summed E-state index contributed by atoms with van der Waals surface area (Å²) in [6.45, 7) is 4.63. The summed E-state index contributed by atoms with van der Waals surface area (Å²) in [6.07, 6.45) is 3.24. The lowest BCUT2D eigenvalue weighted by Crippen LogP contribution is -2.27. The molecular formula is C18H24N4O2. The summed E-state index contributed by atoms with van der Waals surface area (Å²) in [5.74, 6) is 1.09. The van der Waals surface area contributed by atoms with Gasteiger partial charge in [0.1, 0.15) is 11.4 Å². The lowest BCUT2D eigenvalue weighted by molar-refractivity contribution is 0.0949. The van der Waals surface area contributed by atoms with Crippen molar-refractivity contribution in [2.24, 2.45) is 0 Å². The molecule has 0 saturated carbocycles. The third-order valence-electron chi connectivity index (χ3n) is 3.75. The van der Waals surface area contributed by atoms with Crippen molar-refractivity contribution >= 4 is 11.9 Å². The van der Waals surface area contributed by atoms with E-state index in [1.54, 1.807) is 19.4 Å². The van der Waals surface area contributed by atoms with Crippen molar-refractivity contribution in [3.05, 3.63) is 47.8 Å². The van der Waals surface area contributed by atoms with Crippen LogP contribution in [0, 0.1) is 0 Å². The zero-order valence-corrected chi connectivity index (χ0v) is 14.4. The minimum Gasteiger partial charge on any atom is -0.496 e. The summed E-state index contributed by atoms with van der Waals surface area (Å²) in [7, 11) is 1.64. The number of carbonyl (C=O) groups is 1. The molecule has 0 saturated heterocycles. The van der Waals surface area contributed by atoms with Crippen LogP contribution in [0.15, 0.2) is 36.5 Å². The Morgan fingerprint density at radius 2 is 2.08 bits per heavy atom. The van der Waals surface area contributed by atoms with Gasteiger partial charge in [0, 0.05) is 18.8 Å². The first-order valence-electron chi connectivity index (χ1n) is 8.13. The van der Waals surface area contributed by atoms with E-state index in [2.05, 4.69) is 27.5 Å². The van der Waals surface area contributed by atoms with Crippen LogP contribution in [-0.2, 0) is 6.42 Å². The number of nitrogens with one attached hydrogen (secondary N) is 2. The van der Waals surface area contributed by atoms with Gasteiger partial charge in [-0.05, 0) is 37.5 Å². The maximum absolute atomic E-state index is 12.2. The number of methoxy groups -OCH3 is 1. The first-order valence-corrected chi connectivity index (χ1v) is 8.13. The molecule has 24 heavy (non-hydrogen) atoms. The Labute approximate surface area is 142 Å². The summed E-state index contributed by atoms with van der Waals surface area (Å²) in [6, 6.07) is 9.65. The molecule has 0 aliphatic carbocycles. The van der Waals surface area contributed by atoms with Gasteiger partial charge in [-0.2, -0.15) is 0 Å². The number of aromatic nitrogens is 2. The number of hydrogen-bond donors (Lipinski definition) is 2. The van der Waals surface area contributed by atoms with Crippen LogP contribution in [0.5, 0.6) is 5.75 Å². The molecule has 1 unspecified atom stereocenters. The lowest BCUT2D eigenvalue weighted by Gasteiger charge is -2.12. The molecule has 6 nitrogen and oxygen atoms in total. The van der Waals surface area contributed by atoms with Gasteiger partial charge in [-0.15, -0.1) is 0 Å². The van der Waals surface area contributed by atoms with Crippen molar-refractivity contribution in [1.82, 2.24) is 15.3 Å². The summed E-state index contributed by atoms with van der Waals surface area (Å²) >= 11 is 0. The molecule has 1 amide bonds. The molecule has 0 bridgehead atoms. The Balaban J connectivity index is 1.91. The molecule has 1 heterocycles. The van der Waals surface area contributed by atoms with E-state index >= 15 is 0 Å². The molecule has 2 rings (SSSR count). The number of anilines is 1. The Morgan fingerprint density at radius 3 is 2.83 bits per heavy atom. The Bertz CT molecular complexity index is 676. The molecule has 2 aromatic rings. The molecule has 128 valence electrons. The molecule has 1 aromatic carbocycles. The summed E-state index contributed by atoms with van der Waals surface area (Å²) in [4.78, 5) is 20.6. The molecule has 2 N–H and O–H groups in total. The number of nitrogens with zero attached hydrogens (tertiary/aromatic N) is 2. The topological polar surface area (TPSA) is 76.1 Å². The average molecular weight is 328 g/mol. The molecule has 0 fully saturated rings. The molecule has 0 radical (unpaired) electrons. The van der Waals surface area contributed by atoms with Crippen molar-refractivity contribution in [3.8, 4) is 5.75 Å². The van der Waals surface area contributed by atoms with Crippen LogP contribution in [0.1, 0.15) is 36.3 Å². The summed E-state index contributed by atoms with van der Waals surface area (Å²) in [5.41, 5.74) is 1.41. The second-order valence-corrected chi connectivity index (χ2v) is 5.54. The molecule has 6 heteroatoms. The minimum absolute atomic E-state index is 0.209. The van der Waals surface area contributed by atoms with Crippen LogP contribution >= 0.6 is 0 Å². The van der Waals surface area contributed by atoms with Crippen molar-refractivity contribution in [2.45, 2.75) is 32.7 Å². The van der Waals surface area contributed by atoms with E-state index in [9.17, 15) is 4.79 Å². The quantitative estimate of drug-likeness (QED) is 0.779. The van der Waals surface area contributed by atoms with Gasteiger partial charge in [-0.1, -0.05) is 25.1 Å². The smallest absolute Gasteiger partial charge is 0.270 e. The van der Waals surface area contributed by atoms with E-state index in [-0.39, 0.29) is 11.9 Å². The monoisotopic (exact) mass is 328 g/mol. The highest BCUT2D eigenvalue weighted by Crippen LogP contribution is 2.17. The van der Waals surface area contributed by atoms with Crippen molar-refractivity contribution < 1.29 is 9.53 Å². The SMILES string of the molecule is CCC(C)Nc1nccc(C(=O)NCCc2ccccc2OC)n1. The van der Waals surface area contributed by atoms with Crippen LogP contribution in [0.2, 0.25) is 0 Å². The maximum Gasteiger partial charge on any atom is 0.270 e. The fourth-order valence-corrected chi connectivity index (χ4v) is 2.19. The Morgan fingerprint density at radius 1 is 1.29 bits per heavy atom. The van der Waals surface area contributed by atoms with Gasteiger partial charge in [-0.3, -0.25) is 4.79 Å². The minimum atomic E-state index is -0.209. The van der Waals surface area contributed by atoms with Crippen molar-refractivity contribution in [3.63, 3.8) is 0 Å². The predicted octanol–water partition coefficient (Wildman–Crippen LogP) is 2.67. The van der Waals surface area contributed by atoms with Crippen LogP contribution in [0.3, 0.4) is 0 Å². The molecule has 0 spiro atoms. The largest absolute Gasteiger partial charge is 0.496 e. The highest BCUT2D eigenvalue weighted by atomic mass is 16.5. The zero-order chi connectivity index (χ0) is 17.4. The zero-order valence-electron chi connectivity index (χ0n) is 14.4. The molecule has 0 aliphatic rings. The fraction of sp³-hybridized carbons (Fsp3) is 0.389. The van der Waals surface area contributed by atoms with Gasteiger partial charge in [0.05, 0.1) is 7.11 Å². The fourth-order valence-electron chi connectivity index (χ4n) is 2.19. The number of para-hydroxylation sites is 1. The van der Waals surface area contributed by atoms with Crippen LogP contribution in [0.25, 0.3) is 0 Å². The summed E-state index contributed by atoms with van der Waals surface area (Å²) < 4.78 is 5.31. The van der Waals surface area contributed by atoms with Gasteiger partial charge < -0.3 is 15.4 Å². The number of benzene rings is 1. The summed E-state index contributed by atoms with van der Waals surface area (Å²) in [5, 5.41) is 6.05. The highest BCUT2D eigenvalue weighted by molar-refractivity contribution is 5.92. The molecule has 1 aromatic heterocycles. The van der Waals surface area contributed by atoms with Gasteiger partial charge >= 0.3 is 0 Å². The van der Waals surface area contributed by atoms with Crippen LogP contribution in [-0.4, -0.2) is 35.6 Å². The number of ether oxygens (including phenoxy) is 1. The molecule has 0 aliphatic heterocycles. The van der Waals surface area contributed by atoms with Gasteiger partial charge in [0.15, 0.2) is 0 Å². The van der Waals surface area contributed by atoms with E-state index in [0.29, 0.717) is 24.6 Å². The van der Waals surface area contributed by atoms with E-state index in [1.807, 2.05) is 31.2 Å². The second-order valence-electron chi connectivity index (χ2n) is 5.54. The van der Waals surface area contributed by atoms with E-state index in [1.165, 1.54) is 0 Å². The number of carbonyl (C=O) groups excluding carboxylic acids is 1. The average Bonchev–Trinajstić information content (AvgIpc) is 2.62. The Kier molecular flexibility index (Phi) is 6.54. The Hall–Kier alpha value is -2.63. The third kappa shape index (κ3) is 4.94. The number of rotatable bonds is 8. The van der Waals surface area contributed by atoms with Crippen molar-refractivity contribution in [1.29, 1.82) is 0 Å². The molecule has 1 atom stereocenters. The van der Waals surface area contributed by atoms with Gasteiger partial charge in [0.25, 0.3) is 5.91 Å². The van der Waals surface area contributed by atoms with E-state index < -0.39 is 0 Å².